The number of fused-ring (bicyclic) bond motifs is 1. The Hall–Kier alpha value is -6.53. The Bertz CT molecular complexity index is 2850. The van der Waals surface area contributed by atoms with Gasteiger partial charge < -0.3 is 55.6 Å². The summed E-state index contributed by atoms with van der Waals surface area (Å²) >= 11 is 6.13. The number of nitrogens with zero attached hydrogens (tertiary/aromatic N) is 7. The van der Waals surface area contributed by atoms with Crippen molar-refractivity contribution >= 4 is 76.6 Å². The molecule has 11 amide bonds. The van der Waals surface area contributed by atoms with E-state index in [-0.39, 0.29) is 82.2 Å². The third-order valence-corrected chi connectivity index (χ3v) is 19.8. The maximum Gasteiger partial charge on any atom is 0.417 e. The highest BCUT2D eigenvalue weighted by atomic mass is 35.5. The van der Waals surface area contributed by atoms with Gasteiger partial charge in [0.25, 0.3) is 0 Å². The topological polar surface area (TPSA) is 259 Å². The van der Waals surface area contributed by atoms with Crippen molar-refractivity contribution < 1.29 is 65.9 Å². The number of hydrogen-bond donors (Lipinski definition) is 4. The van der Waals surface area contributed by atoms with Crippen LogP contribution in [0, 0.1) is 29.6 Å². The smallest absolute Gasteiger partial charge is 0.351 e. The van der Waals surface area contributed by atoms with Gasteiger partial charge in [0.15, 0.2) is 0 Å². The van der Waals surface area contributed by atoms with Gasteiger partial charge in [-0.3, -0.25) is 52.7 Å². The number of benzene rings is 1. The van der Waals surface area contributed by atoms with E-state index in [9.17, 15) is 56.3 Å². The quantitative estimate of drug-likeness (QED) is 0.164. The van der Waals surface area contributed by atoms with Gasteiger partial charge in [-0.2, -0.15) is 13.2 Å². The van der Waals surface area contributed by atoms with Gasteiger partial charge in [-0.25, -0.2) is 0 Å². The predicted octanol–water partition coefficient (Wildman–Crippen LogP) is 6.58. The Morgan fingerprint density at radius 3 is 1.87 bits per heavy atom. The minimum atomic E-state index is -4.75. The molecule has 22 nitrogen and oxygen atoms in total. The Morgan fingerprint density at radius 2 is 1.29 bits per heavy atom. The molecule has 4 aliphatic rings. The Labute approximate surface area is 559 Å². The molecule has 4 N–H and O–H groups in total. The molecule has 0 bridgehead atoms. The van der Waals surface area contributed by atoms with Gasteiger partial charge in [0.05, 0.1) is 30.2 Å². The van der Waals surface area contributed by atoms with Crippen LogP contribution in [0.4, 0.5) is 13.2 Å². The number of aryl methyl sites for hydroxylation is 1. The Kier molecular flexibility index (Phi) is 29.1. The molecule has 1 spiro atoms. The zero-order valence-electron chi connectivity index (χ0n) is 58.1. The molecule has 2 aliphatic heterocycles. The fourth-order valence-electron chi connectivity index (χ4n) is 13.6. The number of halogens is 4. The van der Waals surface area contributed by atoms with E-state index >= 15 is 9.59 Å². The zero-order chi connectivity index (χ0) is 70.3. The lowest BCUT2D eigenvalue weighted by atomic mass is 9.84. The molecule has 528 valence electrons. The highest BCUT2D eigenvalue weighted by molar-refractivity contribution is 6.31. The van der Waals surface area contributed by atoms with E-state index in [0.29, 0.717) is 37.7 Å². The van der Waals surface area contributed by atoms with Gasteiger partial charge in [-0.15, -0.1) is 0 Å². The lowest BCUT2D eigenvalue weighted by Gasteiger charge is -2.39. The van der Waals surface area contributed by atoms with Crippen LogP contribution in [-0.4, -0.2) is 215 Å². The van der Waals surface area contributed by atoms with E-state index in [1.807, 2.05) is 34.6 Å². The average Bonchev–Trinajstić information content (AvgIpc) is 1.54. The maximum atomic E-state index is 15.1. The van der Waals surface area contributed by atoms with E-state index in [1.165, 1.54) is 70.7 Å². The number of rotatable bonds is 13. The maximum absolute atomic E-state index is 15.1. The molecular formula is C68H107ClF3N11O11. The summed E-state index contributed by atoms with van der Waals surface area (Å²) in [6.45, 7) is 15.1. The lowest BCUT2D eigenvalue weighted by molar-refractivity contribution is -0.150. The summed E-state index contributed by atoms with van der Waals surface area (Å²) in [7, 11) is 7.26. The Balaban J connectivity index is 1.58. The molecule has 5 rings (SSSR count). The van der Waals surface area contributed by atoms with Crippen LogP contribution in [0.25, 0.3) is 0 Å². The van der Waals surface area contributed by atoms with Crippen molar-refractivity contribution in [1.29, 1.82) is 0 Å². The first-order valence-electron chi connectivity index (χ1n) is 34.0. The van der Waals surface area contributed by atoms with Crippen LogP contribution in [0.2, 0.25) is 5.02 Å². The van der Waals surface area contributed by atoms with E-state index in [1.54, 1.807) is 27.7 Å². The summed E-state index contributed by atoms with van der Waals surface area (Å²) in [6.07, 6.45) is 2.54. The number of likely N-dealkylation sites (N-methyl/N-ethyl adjacent to an activating group) is 5. The molecule has 94 heavy (non-hydrogen) atoms. The average molecular weight is 1350 g/mol. The summed E-state index contributed by atoms with van der Waals surface area (Å²) in [4.78, 5) is 170. The number of carbonyl (C=O) groups is 11. The largest absolute Gasteiger partial charge is 0.417 e. The summed E-state index contributed by atoms with van der Waals surface area (Å²) in [5.41, 5.74) is -2.25. The van der Waals surface area contributed by atoms with Crippen LogP contribution in [-0.2, 0) is 65.3 Å². The first kappa shape index (κ1) is 78.2. The second kappa shape index (κ2) is 34.9. The van der Waals surface area contributed by atoms with Crippen molar-refractivity contribution in [2.45, 2.75) is 232 Å². The van der Waals surface area contributed by atoms with Gasteiger partial charge >= 0.3 is 6.18 Å². The second-order valence-electron chi connectivity index (χ2n) is 28.3. The fraction of sp³-hybridized carbons (Fsp3) is 0.750. The molecule has 2 saturated heterocycles. The van der Waals surface area contributed by atoms with Crippen LogP contribution < -0.4 is 21.3 Å². The molecule has 2 heterocycles. The summed E-state index contributed by atoms with van der Waals surface area (Å²) in [6, 6.07) is -4.60. The van der Waals surface area contributed by atoms with E-state index in [2.05, 4.69) is 21.3 Å². The van der Waals surface area contributed by atoms with Crippen molar-refractivity contribution in [3.05, 3.63) is 34.3 Å². The first-order chi connectivity index (χ1) is 44.0. The molecule has 1 unspecified atom stereocenters. The van der Waals surface area contributed by atoms with Crippen molar-refractivity contribution in [3.8, 4) is 0 Å². The summed E-state index contributed by atoms with van der Waals surface area (Å²) in [5, 5.41) is 11.0. The van der Waals surface area contributed by atoms with Crippen LogP contribution in [0.5, 0.6) is 0 Å². The van der Waals surface area contributed by atoms with Crippen molar-refractivity contribution in [2.75, 3.05) is 68.0 Å². The van der Waals surface area contributed by atoms with E-state index in [4.69, 9.17) is 11.6 Å². The molecule has 8 atom stereocenters. The molecular weight excluding hydrogens is 1240 g/mol. The molecule has 4 fully saturated rings. The highest BCUT2D eigenvalue weighted by Crippen LogP contribution is 2.37. The lowest BCUT2D eigenvalue weighted by Crippen LogP contribution is -2.64. The number of hydrogen-bond acceptors (Lipinski definition) is 11. The van der Waals surface area contributed by atoms with E-state index in [0.717, 1.165) is 49.1 Å². The number of alkyl halides is 3. The van der Waals surface area contributed by atoms with E-state index < -0.39 is 161 Å². The highest BCUT2D eigenvalue weighted by Gasteiger charge is 2.50. The van der Waals surface area contributed by atoms with Gasteiger partial charge in [-0.05, 0) is 112 Å². The SMILES string of the molecule is CC[C@H](C)[C@@H]1NC(=O)[C@H](CC(C)C)N(C)C(=O)C[C@@H](C)NC(=O)[C@H](C(C)C)N(C)C(=O)C2(CCCC2)NC(=O)C2CCCN2C(=O)[C@H](CCc2ccc(C(F)(F)F)c(Cl)c2)NC(=O)CN(C)C(=O)[C@H](CC2CCCCC2)N(C)C(=O)CN(CCC(C)C)C(=O)CN(C)C1=O. The monoisotopic (exact) mass is 1350 g/mol. The third-order valence-electron chi connectivity index (χ3n) is 19.5. The van der Waals surface area contributed by atoms with Crippen molar-refractivity contribution in [2.24, 2.45) is 29.6 Å². The van der Waals surface area contributed by atoms with Gasteiger partial charge in [0.1, 0.15) is 41.8 Å². The summed E-state index contributed by atoms with van der Waals surface area (Å²) < 4.78 is 41.4. The number of carbonyl (C=O) groups excluding carboxylic acids is 11. The molecule has 1 aromatic carbocycles. The van der Waals surface area contributed by atoms with Crippen molar-refractivity contribution in [1.82, 2.24) is 55.6 Å². The molecule has 1 aromatic rings. The Morgan fingerprint density at radius 1 is 0.660 bits per heavy atom. The molecule has 0 radical (unpaired) electrons. The van der Waals surface area contributed by atoms with Gasteiger partial charge in [0, 0.05) is 60.8 Å². The zero-order valence-corrected chi connectivity index (χ0v) is 58.8. The minimum Gasteiger partial charge on any atom is -0.351 e. The van der Waals surface area contributed by atoms with Crippen LogP contribution >= 0.6 is 11.6 Å². The number of amides is 11. The van der Waals surface area contributed by atoms with Crippen LogP contribution in [0.15, 0.2) is 18.2 Å². The number of nitrogens with one attached hydrogen (secondary N) is 4. The second-order valence-corrected chi connectivity index (χ2v) is 28.7. The minimum absolute atomic E-state index is 0.0286. The first-order valence-corrected chi connectivity index (χ1v) is 34.3. The molecule has 0 aromatic heterocycles. The summed E-state index contributed by atoms with van der Waals surface area (Å²) in [5.74, 6) is -7.60. The van der Waals surface area contributed by atoms with Crippen molar-refractivity contribution in [3.63, 3.8) is 0 Å². The molecule has 2 aliphatic carbocycles. The normalized spacial score (nSPS) is 25.8. The van der Waals surface area contributed by atoms with Gasteiger partial charge in [-0.1, -0.05) is 124 Å². The molecule has 26 heteroatoms. The van der Waals surface area contributed by atoms with Crippen LogP contribution in [0.3, 0.4) is 0 Å². The fourth-order valence-corrected chi connectivity index (χ4v) is 13.9. The third kappa shape index (κ3) is 21.0. The van der Waals surface area contributed by atoms with Gasteiger partial charge in [0.2, 0.25) is 65.0 Å². The molecule has 2 saturated carbocycles. The van der Waals surface area contributed by atoms with Crippen LogP contribution in [0.1, 0.15) is 183 Å². The standard InChI is InChI=1S/C68H107ClF3N11O11/c1-15-44(8)58-65(93)78(11)39-57(87)82(33-29-41(2)3)40-56(86)80(13)53(37-46-22-17-16-18-23-46)64(92)77(10)38-54(84)74-50(28-26-47-25-27-48(49(69)36-47)68(70,71)72)63(91)83-32-21-24-51(83)61(89)76-67(30-19-20-31-67)66(94)81(14)59(43(6)7)62(90)73-45(9)35-55(85)79(12)52(34-42(4)5)60(88)75-58/h25,27,36,41-46,50-53,58-59H,15-24,26,28-35,37-40H2,1-14H3,(H,73,90)(H,74,84)(H,75,88)(H,76,89)/t44-,45+,50-,51?,52-,53-,58-,59-/m0/s1. The predicted molar refractivity (Wildman–Crippen MR) is 351 cm³/mol.